The summed E-state index contributed by atoms with van der Waals surface area (Å²) in [6.07, 6.45) is 0.105. The second-order valence-corrected chi connectivity index (χ2v) is 8.61. The quantitative estimate of drug-likeness (QED) is 0.428. The predicted molar refractivity (Wildman–Crippen MR) is 130 cm³/mol. The van der Waals surface area contributed by atoms with Crippen LogP contribution in [0.4, 0.5) is 10.1 Å². The van der Waals surface area contributed by atoms with Gasteiger partial charge in [-0.05, 0) is 41.0 Å². The third kappa shape index (κ3) is 4.50. The fraction of sp³-hybridized carbons (Fsp3) is 0.214. The number of benzene rings is 3. The van der Waals surface area contributed by atoms with E-state index in [0.29, 0.717) is 5.57 Å². The van der Waals surface area contributed by atoms with Crippen LogP contribution in [0.1, 0.15) is 17.5 Å². The van der Waals surface area contributed by atoms with E-state index in [2.05, 4.69) is 9.80 Å². The number of hydrogen-bond acceptors (Lipinski definition) is 4. The van der Waals surface area contributed by atoms with Crippen molar-refractivity contribution < 1.29 is 14.0 Å². The molecule has 0 atom stereocenters. The molecule has 0 aliphatic carbocycles. The fourth-order valence-electron chi connectivity index (χ4n) is 4.66. The van der Waals surface area contributed by atoms with Gasteiger partial charge in [-0.1, -0.05) is 60.7 Å². The number of hydrogen-bond donors (Lipinski definition) is 0. The van der Waals surface area contributed by atoms with Crippen LogP contribution in [0, 0.1) is 5.82 Å². The van der Waals surface area contributed by atoms with E-state index in [4.69, 9.17) is 0 Å². The van der Waals surface area contributed by atoms with Crippen molar-refractivity contribution in [2.24, 2.45) is 0 Å². The van der Waals surface area contributed by atoms with Crippen LogP contribution >= 0.6 is 0 Å². The molecule has 2 saturated heterocycles. The predicted octanol–water partition coefficient (Wildman–Crippen LogP) is 4.17. The molecule has 5 rings (SSSR count). The molecule has 3 aromatic rings. The topological polar surface area (TPSA) is 43.9 Å². The van der Waals surface area contributed by atoms with Gasteiger partial charge in [0, 0.05) is 37.4 Å². The standard InChI is InChI=1S/C28H26FN3O2/c29-23-11-13-24(14-12-23)31-17-15-30(16-18-31)20-32-26(33)19-25(28(32)34)27(21-7-3-1-4-8-21)22-9-5-2-6-10-22/h1-14H,15-20H2. The molecular formula is C28H26FN3O2. The Hall–Kier alpha value is -3.77. The number of piperazine rings is 1. The number of carbonyl (C=O) groups is 2. The van der Waals surface area contributed by atoms with Gasteiger partial charge in [0.25, 0.3) is 5.91 Å². The Morgan fingerprint density at radius 3 is 1.85 bits per heavy atom. The summed E-state index contributed by atoms with van der Waals surface area (Å²) < 4.78 is 13.2. The molecule has 0 aromatic heterocycles. The number of halogens is 1. The third-order valence-electron chi connectivity index (χ3n) is 6.46. The van der Waals surface area contributed by atoms with E-state index in [1.807, 2.05) is 60.7 Å². The molecule has 5 nitrogen and oxygen atoms in total. The first-order chi connectivity index (χ1) is 16.6. The molecule has 6 heteroatoms. The highest BCUT2D eigenvalue weighted by Gasteiger charge is 2.37. The Kier molecular flexibility index (Phi) is 6.23. The molecule has 0 radical (unpaired) electrons. The minimum Gasteiger partial charge on any atom is -0.369 e. The highest BCUT2D eigenvalue weighted by molar-refractivity contribution is 6.18. The van der Waals surface area contributed by atoms with Crippen LogP contribution in [0.2, 0.25) is 0 Å². The maximum absolute atomic E-state index is 13.5. The van der Waals surface area contributed by atoms with Crippen LogP contribution in [0.25, 0.3) is 5.57 Å². The maximum atomic E-state index is 13.5. The van der Waals surface area contributed by atoms with Gasteiger partial charge in [0.05, 0.1) is 13.1 Å². The van der Waals surface area contributed by atoms with Gasteiger partial charge in [-0.2, -0.15) is 0 Å². The molecule has 34 heavy (non-hydrogen) atoms. The zero-order valence-electron chi connectivity index (χ0n) is 18.9. The lowest BCUT2D eigenvalue weighted by Crippen LogP contribution is -2.51. The summed E-state index contributed by atoms with van der Waals surface area (Å²) in [7, 11) is 0. The number of carbonyl (C=O) groups excluding carboxylic acids is 2. The van der Waals surface area contributed by atoms with Gasteiger partial charge in [0.15, 0.2) is 0 Å². The fourth-order valence-corrected chi connectivity index (χ4v) is 4.66. The summed E-state index contributed by atoms with van der Waals surface area (Å²) in [6.45, 7) is 3.23. The summed E-state index contributed by atoms with van der Waals surface area (Å²) in [4.78, 5) is 32.1. The van der Waals surface area contributed by atoms with E-state index in [0.717, 1.165) is 48.6 Å². The minimum atomic E-state index is -0.248. The molecule has 0 unspecified atom stereocenters. The smallest absolute Gasteiger partial charge is 0.258 e. The van der Waals surface area contributed by atoms with E-state index in [1.54, 1.807) is 12.1 Å². The van der Waals surface area contributed by atoms with Crippen LogP contribution in [-0.4, -0.2) is 54.5 Å². The highest BCUT2D eigenvalue weighted by Crippen LogP contribution is 2.33. The Morgan fingerprint density at radius 1 is 0.735 bits per heavy atom. The molecule has 2 heterocycles. The van der Waals surface area contributed by atoms with E-state index in [-0.39, 0.29) is 30.7 Å². The van der Waals surface area contributed by atoms with Crippen molar-refractivity contribution in [1.29, 1.82) is 0 Å². The zero-order valence-corrected chi connectivity index (χ0v) is 18.9. The van der Waals surface area contributed by atoms with Gasteiger partial charge < -0.3 is 4.90 Å². The van der Waals surface area contributed by atoms with Gasteiger partial charge in [0.2, 0.25) is 5.91 Å². The monoisotopic (exact) mass is 455 g/mol. The van der Waals surface area contributed by atoms with Crippen molar-refractivity contribution in [1.82, 2.24) is 9.80 Å². The first-order valence-electron chi connectivity index (χ1n) is 11.5. The summed E-state index contributed by atoms with van der Waals surface area (Å²) in [5, 5.41) is 0. The summed E-state index contributed by atoms with van der Waals surface area (Å²) in [6, 6.07) is 26.1. The van der Waals surface area contributed by atoms with Crippen LogP contribution < -0.4 is 4.90 Å². The largest absolute Gasteiger partial charge is 0.369 e. The van der Waals surface area contributed by atoms with Gasteiger partial charge in [-0.25, -0.2) is 4.39 Å². The first-order valence-corrected chi connectivity index (χ1v) is 11.5. The van der Waals surface area contributed by atoms with Crippen molar-refractivity contribution in [2.45, 2.75) is 6.42 Å². The van der Waals surface area contributed by atoms with E-state index >= 15 is 0 Å². The maximum Gasteiger partial charge on any atom is 0.258 e. The van der Waals surface area contributed by atoms with E-state index in [9.17, 15) is 14.0 Å². The number of amides is 2. The Bertz CT molecular complexity index is 1160. The van der Waals surface area contributed by atoms with Crippen molar-refractivity contribution in [3.8, 4) is 0 Å². The van der Waals surface area contributed by atoms with Gasteiger partial charge in [-0.15, -0.1) is 0 Å². The molecule has 172 valence electrons. The lowest BCUT2D eigenvalue weighted by atomic mass is 9.92. The number of anilines is 1. The summed E-state index contributed by atoms with van der Waals surface area (Å²) >= 11 is 0. The van der Waals surface area contributed by atoms with E-state index < -0.39 is 0 Å². The average molecular weight is 456 g/mol. The zero-order chi connectivity index (χ0) is 23.5. The van der Waals surface area contributed by atoms with Crippen LogP contribution in [0.5, 0.6) is 0 Å². The summed E-state index contributed by atoms with van der Waals surface area (Å²) in [5.41, 5.74) is 4.21. The van der Waals surface area contributed by atoms with Crippen LogP contribution in [0.15, 0.2) is 90.5 Å². The normalized spacial score (nSPS) is 16.9. The average Bonchev–Trinajstić information content (AvgIpc) is 3.14. The number of rotatable bonds is 5. The Labute approximate surface area is 198 Å². The molecule has 0 N–H and O–H groups in total. The molecule has 2 aliphatic rings. The number of nitrogens with zero attached hydrogens (tertiary/aromatic N) is 3. The molecular weight excluding hydrogens is 429 g/mol. The lowest BCUT2D eigenvalue weighted by Gasteiger charge is -2.37. The molecule has 2 fully saturated rings. The molecule has 3 aromatic carbocycles. The van der Waals surface area contributed by atoms with Gasteiger partial charge >= 0.3 is 0 Å². The van der Waals surface area contributed by atoms with Crippen molar-refractivity contribution in [3.63, 3.8) is 0 Å². The van der Waals surface area contributed by atoms with Crippen molar-refractivity contribution in [2.75, 3.05) is 37.7 Å². The SMILES string of the molecule is O=C1CC(=C(c2ccccc2)c2ccccc2)C(=O)N1CN1CCN(c2ccc(F)cc2)CC1. The summed E-state index contributed by atoms with van der Waals surface area (Å²) in [5.74, 6) is -0.623. The molecule has 2 aliphatic heterocycles. The lowest BCUT2D eigenvalue weighted by molar-refractivity contribution is -0.140. The molecule has 0 spiro atoms. The van der Waals surface area contributed by atoms with Crippen LogP contribution in [0.3, 0.4) is 0 Å². The third-order valence-corrected chi connectivity index (χ3v) is 6.46. The highest BCUT2D eigenvalue weighted by atomic mass is 19.1. The van der Waals surface area contributed by atoms with Crippen molar-refractivity contribution >= 4 is 23.1 Å². The molecule has 0 bridgehead atoms. The first kappa shape index (κ1) is 22.0. The van der Waals surface area contributed by atoms with Crippen molar-refractivity contribution in [3.05, 3.63) is 107 Å². The Morgan fingerprint density at radius 2 is 1.29 bits per heavy atom. The van der Waals surface area contributed by atoms with E-state index in [1.165, 1.54) is 17.0 Å². The molecule has 0 saturated carbocycles. The number of imide groups is 1. The molecule has 2 amide bonds. The second kappa shape index (κ2) is 9.61. The van der Waals surface area contributed by atoms with Gasteiger partial charge in [-0.3, -0.25) is 19.4 Å². The van der Waals surface area contributed by atoms with Crippen LogP contribution in [-0.2, 0) is 9.59 Å². The van der Waals surface area contributed by atoms with Gasteiger partial charge in [0.1, 0.15) is 5.82 Å². The Balaban J connectivity index is 1.34. The minimum absolute atomic E-state index is 0.105. The second-order valence-electron chi connectivity index (χ2n) is 8.61. The number of likely N-dealkylation sites (tertiary alicyclic amines) is 1.